The first-order valence-corrected chi connectivity index (χ1v) is 3.48. The number of nitrogens with zero attached hydrogens (tertiary/aromatic N) is 1. The van der Waals surface area contributed by atoms with E-state index in [9.17, 15) is 0 Å². The summed E-state index contributed by atoms with van der Waals surface area (Å²) < 4.78 is 8.55. The van der Waals surface area contributed by atoms with Crippen LogP contribution in [0.3, 0.4) is 0 Å². The van der Waals surface area contributed by atoms with Gasteiger partial charge in [-0.05, 0) is 19.1 Å². The SMILES string of the molecule is Cc1ccc(S#N)cc1. The Morgan fingerprint density at radius 3 is 2.22 bits per heavy atom. The normalized spacial score (nSPS) is 8.89. The van der Waals surface area contributed by atoms with Gasteiger partial charge in [0.1, 0.15) is 0 Å². The van der Waals surface area contributed by atoms with Gasteiger partial charge in [-0.2, -0.15) is 4.61 Å². The molecule has 0 N–H and O–H groups in total. The van der Waals surface area contributed by atoms with Crippen molar-refractivity contribution in [1.29, 1.82) is 4.61 Å². The summed E-state index contributed by atoms with van der Waals surface area (Å²) >= 11 is 0.777. The number of hydrogen-bond donors (Lipinski definition) is 0. The van der Waals surface area contributed by atoms with E-state index in [1.54, 1.807) is 0 Å². The fourth-order valence-corrected chi connectivity index (χ4v) is 0.857. The monoisotopic (exact) mass is 137 g/mol. The van der Waals surface area contributed by atoms with Gasteiger partial charge in [0, 0.05) is 0 Å². The minimum absolute atomic E-state index is 0.777. The maximum Gasteiger partial charge on any atom is 0.0641 e. The molecule has 0 saturated heterocycles. The summed E-state index contributed by atoms with van der Waals surface area (Å²) in [7, 11) is 0. The van der Waals surface area contributed by atoms with Crippen molar-refractivity contribution in [2.24, 2.45) is 0 Å². The van der Waals surface area contributed by atoms with Crippen molar-refractivity contribution in [3.8, 4) is 0 Å². The van der Waals surface area contributed by atoms with Crippen molar-refractivity contribution in [1.82, 2.24) is 0 Å². The lowest BCUT2D eigenvalue weighted by Gasteiger charge is -1.88. The molecule has 0 bridgehead atoms. The average Bonchev–Trinajstić information content (AvgIpc) is 1.90. The van der Waals surface area contributed by atoms with E-state index in [4.69, 9.17) is 4.61 Å². The number of benzene rings is 1. The van der Waals surface area contributed by atoms with Gasteiger partial charge in [0.05, 0.1) is 16.3 Å². The van der Waals surface area contributed by atoms with Crippen molar-refractivity contribution in [3.63, 3.8) is 0 Å². The van der Waals surface area contributed by atoms with Crippen LogP contribution in [0.2, 0.25) is 0 Å². The van der Waals surface area contributed by atoms with Crippen molar-refractivity contribution < 1.29 is 0 Å². The fraction of sp³-hybridized carbons (Fsp3) is 0.143. The van der Waals surface area contributed by atoms with E-state index in [2.05, 4.69) is 0 Å². The first-order valence-electron chi connectivity index (χ1n) is 2.71. The van der Waals surface area contributed by atoms with E-state index >= 15 is 0 Å². The lowest BCUT2D eigenvalue weighted by atomic mass is 10.2. The van der Waals surface area contributed by atoms with Gasteiger partial charge in [-0.25, -0.2) is 0 Å². The molecule has 0 aromatic heterocycles. The molecule has 0 aliphatic carbocycles. The van der Waals surface area contributed by atoms with E-state index in [0.29, 0.717) is 0 Å². The zero-order valence-corrected chi connectivity index (χ0v) is 5.98. The lowest BCUT2D eigenvalue weighted by molar-refractivity contribution is 1.38. The topological polar surface area (TPSA) is 23.8 Å². The average molecular weight is 137 g/mol. The third-order valence-corrected chi connectivity index (χ3v) is 1.61. The van der Waals surface area contributed by atoms with E-state index in [-0.39, 0.29) is 0 Å². The van der Waals surface area contributed by atoms with Crippen LogP contribution in [-0.2, 0) is 0 Å². The van der Waals surface area contributed by atoms with Crippen molar-refractivity contribution in [2.75, 3.05) is 0 Å². The fourth-order valence-electron chi connectivity index (χ4n) is 0.599. The molecule has 2 heteroatoms. The third kappa shape index (κ3) is 1.53. The van der Waals surface area contributed by atoms with Crippen molar-refractivity contribution in [3.05, 3.63) is 29.8 Å². The van der Waals surface area contributed by atoms with Gasteiger partial charge in [0.15, 0.2) is 0 Å². The van der Waals surface area contributed by atoms with Crippen LogP contribution in [0.15, 0.2) is 29.2 Å². The predicted molar refractivity (Wildman–Crippen MR) is 38.8 cm³/mol. The summed E-state index contributed by atoms with van der Waals surface area (Å²) in [5.74, 6) is 0. The van der Waals surface area contributed by atoms with E-state index in [1.165, 1.54) is 5.56 Å². The Labute approximate surface area is 58.3 Å². The first kappa shape index (κ1) is 6.27. The molecule has 1 rings (SSSR count). The van der Waals surface area contributed by atoms with Crippen LogP contribution in [-0.4, -0.2) is 0 Å². The summed E-state index contributed by atoms with van der Waals surface area (Å²) in [6.07, 6.45) is 0. The second-order valence-electron chi connectivity index (χ2n) is 1.90. The van der Waals surface area contributed by atoms with Crippen LogP contribution in [0.4, 0.5) is 0 Å². The zero-order valence-electron chi connectivity index (χ0n) is 5.16. The Hall–Kier alpha value is -0.850. The molecule has 1 aromatic carbocycles. The maximum atomic E-state index is 8.55. The van der Waals surface area contributed by atoms with Crippen molar-refractivity contribution >= 4 is 11.4 Å². The number of rotatable bonds is 0. The van der Waals surface area contributed by atoms with Gasteiger partial charge in [0.25, 0.3) is 0 Å². The minimum atomic E-state index is 0.777. The van der Waals surface area contributed by atoms with Gasteiger partial charge in [-0.15, -0.1) is 0 Å². The Balaban J connectivity index is 3.06. The molecule has 0 aliphatic heterocycles. The van der Waals surface area contributed by atoms with E-state index in [0.717, 1.165) is 16.3 Å². The summed E-state index contributed by atoms with van der Waals surface area (Å²) in [4.78, 5) is 0.889. The molecule has 0 aliphatic rings. The van der Waals surface area contributed by atoms with Crippen molar-refractivity contribution in [2.45, 2.75) is 11.8 Å². The lowest BCUT2D eigenvalue weighted by Crippen LogP contribution is -1.67. The highest BCUT2D eigenvalue weighted by atomic mass is 32.1. The molecule has 1 aromatic rings. The Morgan fingerprint density at radius 1 is 1.22 bits per heavy atom. The highest BCUT2D eigenvalue weighted by Crippen LogP contribution is 2.07. The number of aryl methyl sites for hydroxylation is 1. The second-order valence-corrected chi connectivity index (χ2v) is 2.56. The maximum absolute atomic E-state index is 8.55. The molecule has 0 spiro atoms. The third-order valence-electron chi connectivity index (χ3n) is 1.13. The standard InChI is InChI=1S/C7H7NS/c1-6-2-4-7(9-8)5-3-6/h2-5H,1H3. The molecule has 1 nitrogen and oxygen atoms in total. The van der Waals surface area contributed by atoms with E-state index < -0.39 is 0 Å². The smallest absolute Gasteiger partial charge is 0.0641 e. The van der Waals surface area contributed by atoms with Crippen LogP contribution in [0, 0.1) is 11.5 Å². The molecule has 0 radical (unpaired) electrons. The van der Waals surface area contributed by atoms with Gasteiger partial charge in [-0.1, -0.05) is 17.7 Å². The molecule has 0 saturated carbocycles. The zero-order chi connectivity index (χ0) is 6.69. The quantitative estimate of drug-likeness (QED) is 0.539. The highest BCUT2D eigenvalue weighted by Gasteiger charge is 1.84. The molecule has 0 heterocycles. The Kier molecular flexibility index (Phi) is 1.83. The van der Waals surface area contributed by atoms with Crippen LogP contribution >= 0.6 is 11.4 Å². The first-order chi connectivity index (χ1) is 4.33. The van der Waals surface area contributed by atoms with E-state index in [1.807, 2.05) is 31.2 Å². The number of hydrogen-bond acceptors (Lipinski definition) is 1. The Morgan fingerprint density at radius 2 is 1.78 bits per heavy atom. The minimum Gasteiger partial charge on any atom is -0.172 e. The molecular formula is C7H7NS. The van der Waals surface area contributed by atoms with Gasteiger partial charge < -0.3 is 0 Å². The summed E-state index contributed by atoms with van der Waals surface area (Å²) in [6.45, 7) is 2.02. The van der Waals surface area contributed by atoms with Gasteiger partial charge in [0.2, 0.25) is 0 Å². The second kappa shape index (κ2) is 2.62. The summed E-state index contributed by atoms with van der Waals surface area (Å²) in [5.41, 5.74) is 1.22. The van der Waals surface area contributed by atoms with Crippen LogP contribution in [0.5, 0.6) is 0 Å². The van der Waals surface area contributed by atoms with Crippen LogP contribution in [0.25, 0.3) is 0 Å². The highest BCUT2D eigenvalue weighted by molar-refractivity contribution is 7.85. The predicted octanol–water partition coefficient (Wildman–Crippen LogP) is 2.57. The van der Waals surface area contributed by atoms with Crippen LogP contribution in [0.1, 0.15) is 5.56 Å². The Bertz CT molecular complexity index is 232. The van der Waals surface area contributed by atoms with Crippen LogP contribution < -0.4 is 0 Å². The van der Waals surface area contributed by atoms with Gasteiger partial charge in [-0.3, -0.25) is 0 Å². The summed E-state index contributed by atoms with van der Waals surface area (Å²) in [6, 6.07) is 7.72. The molecular weight excluding hydrogens is 130 g/mol. The molecule has 46 valence electrons. The molecule has 0 atom stereocenters. The molecule has 9 heavy (non-hydrogen) atoms. The summed E-state index contributed by atoms with van der Waals surface area (Å²) in [5, 5.41) is 0. The van der Waals surface area contributed by atoms with Gasteiger partial charge >= 0.3 is 0 Å². The molecule has 0 unspecified atom stereocenters. The molecule has 0 amide bonds. The largest absolute Gasteiger partial charge is 0.172 e. The molecule has 0 fully saturated rings.